The fraction of sp³-hybridized carbons (Fsp3) is 0.471. The lowest BCUT2D eigenvalue weighted by Gasteiger charge is -2.20. The van der Waals surface area contributed by atoms with Gasteiger partial charge >= 0.3 is 0 Å². The molecule has 0 spiro atoms. The summed E-state index contributed by atoms with van der Waals surface area (Å²) in [5.74, 6) is 0.400. The summed E-state index contributed by atoms with van der Waals surface area (Å²) < 4.78 is 29.2. The summed E-state index contributed by atoms with van der Waals surface area (Å²) in [7, 11) is -1.83. The summed E-state index contributed by atoms with van der Waals surface area (Å²) >= 11 is 5.05. The van der Waals surface area contributed by atoms with Gasteiger partial charge in [-0.3, -0.25) is 9.89 Å². The molecule has 148 valence electrons. The minimum absolute atomic E-state index is 0.160. The average Bonchev–Trinajstić information content (AvgIpc) is 2.94. The number of hydrogen-bond donors (Lipinski definition) is 2. The Balaban J connectivity index is 2.15. The number of carbonyl (C=O) groups is 1. The number of sulfonamides is 1. The molecule has 2 rings (SSSR count). The average molecular weight is 412 g/mol. The first-order valence-corrected chi connectivity index (χ1v) is 10.6. The Morgan fingerprint density at radius 2 is 2.00 bits per heavy atom. The zero-order valence-electron chi connectivity index (χ0n) is 15.9. The van der Waals surface area contributed by atoms with Crippen LogP contribution in [0, 0.1) is 11.7 Å². The van der Waals surface area contributed by atoms with Crippen LogP contribution in [0.25, 0.3) is 0 Å². The van der Waals surface area contributed by atoms with Gasteiger partial charge in [-0.05, 0) is 36.8 Å². The van der Waals surface area contributed by atoms with E-state index in [9.17, 15) is 13.2 Å². The summed E-state index contributed by atoms with van der Waals surface area (Å²) in [6.07, 6.45) is 0.506. The number of aromatic nitrogens is 3. The highest BCUT2D eigenvalue weighted by molar-refractivity contribution is 7.89. The van der Waals surface area contributed by atoms with Crippen LogP contribution >= 0.6 is 12.2 Å². The van der Waals surface area contributed by atoms with E-state index in [-0.39, 0.29) is 10.8 Å². The number of aryl methyl sites for hydroxylation is 1. The summed E-state index contributed by atoms with van der Waals surface area (Å²) in [5, 5.41) is 9.57. The summed E-state index contributed by atoms with van der Waals surface area (Å²) in [6.45, 7) is 6.41. The summed E-state index contributed by atoms with van der Waals surface area (Å²) in [4.78, 5) is 12.6. The van der Waals surface area contributed by atoms with Crippen molar-refractivity contribution in [2.75, 3.05) is 19.6 Å². The van der Waals surface area contributed by atoms with E-state index in [1.807, 2.05) is 0 Å². The highest BCUT2D eigenvalue weighted by atomic mass is 32.2. The van der Waals surface area contributed by atoms with Crippen molar-refractivity contribution in [1.82, 2.24) is 24.4 Å². The van der Waals surface area contributed by atoms with Crippen molar-refractivity contribution in [3.05, 3.63) is 39.9 Å². The fourth-order valence-corrected chi connectivity index (χ4v) is 4.57. The molecule has 1 aromatic carbocycles. The molecule has 0 saturated carbocycles. The third kappa shape index (κ3) is 4.63. The minimum atomic E-state index is -3.63. The maximum Gasteiger partial charge on any atom is 0.251 e. The largest absolute Gasteiger partial charge is 0.352 e. The second-order valence-electron chi connectivity index (χ2n) is 6.08. The van der Waals surface area contributed by atoms with Crippen LogP contribution in [0.2, 0.25) is 0 Å². The molecule has 0 aliphatic carbocycles. The number of aromatic amines is 1. The first-order valence-electron chi connectivity index (χ1n) is 8.71. The molecule has 1 heterocycles. The van der Waals surface area contributed by atoms with Gasteiger partial charge in [-0.15, -0.1) is 0 Å². The molecule has 2 aromatic rings. The molecule has 0 aliphatic heterocycles. The number of amides is 1. The molecule has 0 bridgehead atoms. The van der Waals surface area contributed by atoms with Crippen molar-refractivity contribution in [1.29, 1.82) is 0 Å². The standard InChI is InChI=1S/C17H25N5O3S2/c1-5-22(6-2)27(24,25)14-11-13(8-7-12(14)3)16(23)18-10-9-15-19-20-17(26)21(15)4/h7-8,11H,5-6,9-10H2,1-4H3,(H,18,23)(H,20,26). The van der Waals surface area contributed by atoms with E-state index >= 15 is 0 Å². The molecule has 0 aliphatic rings. The second-order valence-corrected chi connectivity index (χ2v) is 8.37. The number of rotatable bonds is 8. The smallest absolute Gasteiger partial charge is 0.251 e. The Kier molecular flexibility index (Phi) is 6.90. The molecular formula is C17H25N5O3S2. The Hall–Kier alpha value is -2.04. The predicted molar refractivity (Wildman–Crippen MR) is 106 cm³/mol. The Bertz CT molecular complexity index is 975. The van der Waals surface area contributed by atoms with Crippen molar-refractivity contribution in [3.8, 4) is 0 Å². The third-order valence-corrected chi connectivity index (χ3v) is 6.94. The van der Waals surface area contributed by atoms with Gasteiger partial charge in [0.05, 0.1) is 4.90 Å². The fourth-order valence-electron chi connectivity index (χ4n) is 2.71. The van der Waals surface area contributed by atoms with Gasteiger partial charge in [0.25, 0.3) is 5.91 Å². The van der Waals surface area contributed by atoms with Crippen LogP contribution in [-0.4, -0.2) is 53.0 Å². The molecule has 0 unspecified atom stereocenters. The quantitative estimate of drug-likeness (QED) is 0.645. The van der Waals surface area contributed by atoms with E-state index in [4.69, 9.17) is 12.2 Å². The van der Waals surface area contributed by atoms with Gasteiger partial charge in [0, 0.05) is 38.7 Å². The number of H-pyrrole nitrogens is 1. The van der Waals surface area contributed by atoms with Crippen LogP contribution in [0.4, 0.5) is 0 Å². The molecule has 1 aromatic heterocycles. The third-order valence-electron chi connectivity index (χ3n) is 4.38. The van der Waals surface area contributed by atoms with Gasteiger partial charge in [0.1, 0.15) is 5.82 Å². The second kappa shape index (κ2) is 8.77. The number of nitrogens with zero attached hydrogens (tertiary/aromatic N) is 3. The molecule has 10 heteroatoms. The zero-order valence-corrected chi connectivity index (χ0v) is 17.6. The summed E-state index contributed by atoms with van der Waals surface area (Å²) in [6, 6.07) is 4.72. The van der Waals surface area contributed by atoms with Gasteiger partial charge in [0.15, 0.2) is 4.77 Å². The van der Waals surface area contributed by atoms with Gasteiger partial charge in [-0.25, -0.2) is 8.42 Å². The molecule has 0 radical (unpaired) electrons. The maximum atomic E-state index is 12.8. The zero-order chi connectivity index (χ0) is 20.2. The summed E-state index contributed by atoms with van der Waals surface area (Å²) in [5.41, 5.74) is 0.918. The Morgan fingerprint density at radius 1 is 1.33 bits per heavy atom. The first-order chi connectivity index (χ1) is 12.7. The molecular weight excluding hydrogens is 386 g/mol. The van der Waals surface area contributed by atoms with Gasteiger partial charge in [-0.2, -0.15) is 9.40 Å². The lowest BCUT2D eigenvalue weighted by atomic mass is 10.1. The maximum absolute atomic E-state index is 12.8. The van der Waals surface area contributed by atoms with Crippen LogP contribution in [0.1, 0.15) is 35.6 Å². The van der Waals surface area contributed by atoms with Gasteiger partial charge in [-0.1, -0.05) is 19.9 Å². The topological polar surface area (TPSA) is 100 Å². The normalized spacial score (nSPS) is 11.7. The molecule has 2 N–H and O–H groups in total. The van der Waals surface area contributed by atoms with Crippen LogP contribution in [0.3, 0.4) is 0 Å². The van der Waals surface area contributed by atoms with Crippen LogP contribution in [0.15, 0.2) is 23.1 Å². The van der Waals surface area contributed by atoms with Gasteiger partial charge < -0.3 is 9.88 Å². The van der Waals surface area contributed by atoms with Crippen LogP contribution in [-0.2, 0) is 23.5 Å². The monoisotopic (exact) mass is 411 g/mol. The lowest BCUT2D eigenvalue weighted by Crippen LogP contribution is -2.31. The molecule has 0 saturated heterocycles. The van der Waals surface area contributed by atoms with E-state index in [1.54, 1.807) is 44.5 Å². The number of carbonyl (C=O) groups excluding carboxylic acids is 1. The van der Waals surface area contributed by atoms with Gasteiger partial charge in [0.2, 0.25) is 10.0 Å². The molecule has 27 heavy (non-hydrogen) atoms. The molecule has 0 atom stereocenters. The molecule has 8 nitrogen and oxygen atoms in total. The van der Waals surface area contributed by atoms with Crippen molar-refractivity contribution >= 4 is 28.1 Å². The van der Waals surface area contributed by atoms with Crippen LogP contribution in [0.5, 0.6) is 0 Å². The van der Waals surface area contributed by atoms with E-state index in [2.05, 4.69) is 15.5 Å². The number of nitrogens with one attached hydrogen (secondary N) is 2. The van der Waals surface area contributed by atoms with Crippen molar-refractivity contribution < 1.29 is 13.2 Å². The van der Waals surface area contributed by atoms with Crippen molar-refractivity contribution in [3.63, 3.8) is 0 Å². The van der Waals surface area contributed by atoms with E-state index in [1.165, 1.54) is 10.4 Å². The Morgan fingerprint density at radius 3 is 2.56 bits per heavy atom. The van der Waals surface area contributed by atoms with E-state index in [0.29, 0.717) is 42.0 Å². The highest BCUT2D eigenvalue weighted by Crippen LogP contribution is 2.21. The lowest BCUT2D eigenvalue weighted by molar-refractivity contribution is 0.0953. The number of benzene rings is 1. The van der Waals surface area contributed by atoms with Crippen molar-refractivity contribution in [2.45, 2.75) is 32.1 Å². The first kappa shape index (κ1) is 21.3. The highest BCUT2D eigenvalue weighted by Gasteiger charge is 2.24. The van der Waals surface area contributed by atoms with E-state index < -0.39 is 10.0 Å². The number of hydrogen-bond acceptors (Lipinski definition) is 5. The van der Waals surface area contributed by atoms with Crippen molar-refractivity contribution in [2.24, 2.45) is 7.05 Å². The predicted octanol–water partition coefficient (Wildman–Crippen LogP) is 1.79. The minimum Gasteiger partial charge on any atom is -0.352 e. The molecule has 0 fully saturated rings. The van der Waals surface area contributed by atoms with E-state index in [0.717, 1.165) is 5.82 Å². The SMILES string of the molecule is CCN(CC)S(=O)(=O)c1cc(C(=O)NCCc2n[nH]c(=S)n2C)ccc1C. The van der Waals surface area contributed by atoms with Crippen LogP contribution < -0.4 is 5.32 Å². The molecule has 1 amide bonds. The Labute approximate surface area is 164 Å².